The van der Waals surface area contributed by atoms with E-state index >= 15 is 0 Å². The number of nitrogens with one attached hydrogen (secondary N) is 1. The molecule has 6 nitrogen and oxygen atoms in total. The van der Waals surface area contributed by atoms with Crippen LogP contribution < -0.4 is 10.1 Å². The molecule has 4 rings (SSSR count). The Bertz CT molecular complexity index is 914. The van der Waals surface area contributed by atoms with Crippen LogP contribution in [-0.2, 0) is 17.8 Å². The average molecular weight is 436 g/mol. The van der Waals surface area contributed by atoms with Gasteiger partial charge in [0.15, 0.2) is 0 Å². The van der Waals surface area contributed by atoms with Crippen LogP contribution in [0.25, 0.3) is 0 Å². The molecular weight excluding hydrogens is 402 g/mol. The van der Waals surface area contributed by atoms with Crippen molar-refractivity contribution in [2.45, 2.75) is 51.7 Å². The fourth-order valence-electron chi connectivity index (χ4n) is 4.38. The molecule has 1 N–H and O–H groups in total. The van der Waals surface area contributed by atoms with Gasteiger partial charge in [-0.2, -0.15) is 0 Å². The number of carbonyl (C=O) groups excluding carboxylic acids is 2. The highest BCUT2D eigenvalue weighted by atomic mass is 16.5. The van der Waals surface area contributed by atoms with E-state index in [0.29, 0.717) is 39.1 Å². The summed E-state index contributed by atoms with van der Waals surface area (Å²) in [6, 6.07) is 15.9. The lowest BCUT2D eigenvalue weighted by atomic mass is 10.1. The van der Waals surface area contributed by atoms with Gasteiger partial charge in [-0.15, -0.1) is 0 Å². The van der Waals surface area contributed by atoms with E-state index in [1.54, 1.807) is 4.90 Å². The molecule has 6 heteroatoms. The molecule has 170 valence electrons. The Labute approximate surface area is 190 Å². The summed E-state index contributed by atoms with van der Waals surface area (Å²) in [5, 5.41) is 3.03. The molecular formula is C26H33N3O3. The molecule has 3 amide bonds. The zero-order chi connectivity index (χ0) is 22.3. The second kappa shape index (κ2) is 10.5. The molecule has 1 heterocycles. The van der Waals surface area contributed by atoms with E-state index in [1.165, 1.54) is 18.4 Å². The van der Waals surface area contributed by atoms with Crippen LogP contribution in [0, 0.1) is 6.92 Å². The standard InChI is InChI=1S/C26H33N3O3/c1-20-10-12-21(13-11-20)18-25(30)28-14-16-29(17-15-28)26(31)27-19-22-6-2-5-9-24(22)32-23-7-3-4-8-23/h2,5-6,9-13,23H,3-4,7-8,14-19H2,1H3,(H,27,31). The Morgan fingerprint density at radius 2 is 1.59 bits per heavy atom. The molecule has 2 aliphatic rings. The lowest BCUT2D eigenvalue weighted by molar-refractivity contribution is -0.131. The zero-order valence-corrected chi connectivity index (χ0v) is 18.9. The molecule has 0 radical (unpaired) electrons. The van der Waals surface area contributed by atoms with E-state index in [-0.39, 0.29) is 18.0 Å². The number of carbonyl (C=O) groups is 2. The van der Waals surface area contributed by atoms with Crippen LogP contribution >= 0.6 is 0 Å². The molecule has 0 atom stereocenters. The number of nitrogens with zero attached hydrogens (tertiary/aromatic N) is 2. The van der Waals surface area contributed by atoms with Crippen molar-refractivity contribution in [2.24, 2.45) is 0 Å². The van der Waals surface area contributed by atoms with Crippen LogP contribution in [0.15, 0.2) is 48.5 Å². The third-order valence-corrected chi connectivity index (χ3v) is 6.39. The van der Waals surface area contributed by atoms with Crippen molar-refractivity contribution in [3.05, 3.63) is 65.2 Å². The maximum Gasteiger partial charge on any atom is 0.317 e. The molecule has 0 spiro atoms. The number of amides is 3. The van der Waals surface area contributed by atoms with Crippen LogP contribution in [-0.4, -0.2) is 54.0 Å². The Balaban J connectivity index is 1.23. The first-order chi connectivity index (χ1) is 15.6. The van der Waals surface area contributed by atoms with E-state index in [0.717, 1.165) is 29.7 Å². The van der Waals surface area contributed by atoms with Gasteiger partial charge in [0, 0.05) is 38.3 Å². The molecule has 0 bridgehead atoms. The molecule has 1 saturated carbocycles. The summed E-state index contributed by atoms with van der Waals surface area (Å²) in [6.07, 6.45) is 5.36. The van der Waals surface area contributed by atoms with Gasteiger partial charge in [0.1, 0.15) is 5.75 Å². The van der Waals surface area contributed by atoms with Gasteiger partial charge < -0.3 is 19.9 Å². The van der Waals surface area contributed by atoms with Crippen molar-refractivity contribution in [1.29, 1.82) is 0 Å². The third-order valence-electron chi connectivity index (χ3n) is 6.39. The number of urea groups is 1. The molecule has 1 aliphatic carbocycles. The number of aryl methyl sites for hydroxylation is 1. The van der Waals surface area contributed by atoms with Crippen LogP contribution in [0.2, 0.25) is 0 Å². The molecule has 2 fully saturated rings. The van der Waals surface area contributed by atoms with E-state index in [1.807, 2.05) is 60.4 Å². The maximum atomic E-state index is 12.7. The number of benzene rings is 2. The fourth-order valence-corrected chi connectivity index (χ4v) is 4.38. The summed E-state index contributed by atoms with van der Waals surface area (Å²) >= 11 is 0. The normalized spacial score (nSPS) is 16.8. The van der Waals surface area contributed by atoms with Crippen molar-refractivity contribution < 1.29 is 14.3 Å². The second-order valence-corrected chi connectivity index (χ2v) is 8.82. The predicted molar refractivity (Wildman–Crippen MR) is 125 cm³/mol. The topological polar surface area (TPSA) is 61.9 Å². The Morgan fingerprint density at radius 3 is 2.31 bits per heavy atom. The summed E-state index contributed by atoms with van der Waals surface area (Å²) in [5.41, 5.74) is 3.22. The third kappa shape index (κ3) is 5.81. The zero-order valence-electron chi connectivity index (χ0n) is 18.9. The van der Waals surface area contributed by atoms with Gasteiger partial charge in [0.25, 0.3) is 0 Å². The van der Waals surface area contributed by atoms with Gasteiger partial charge in [-0.3, -0.25) is 4.79 Å². The van der Waals surface area contributed by atoms with Crippen molar-refractivity contribution in [2.75, 3.05) is 26.2 Å². The lowest BCUT2D eigenvalue weighted by Gasteiger charge is -2.35. The first-order valence-electron chi connectivity index (χ1n) is 11.7. The highest BCUT2D eigenvalue weighted by Gasteiger charge is 2.24. The molecule has 0 aromatic heterocycles. The summed E-state index contributed by atoms with van der Waals surface area (Å²) < 4.78 is 6.17. The van der Waals surface area contributed by atoms with Gasteiger partial charge in [0.2, 0.25) is 5.91 Å². The minimum atomic E-state index is -0.0914. The highest BCUT2D eigenvalue weighted by Crippen LogP contribution is 2.26. The number of hydrogen-bond donors (Lipinski definition) is 1. The quantitative estimate of drug-likeness (QED) is 0.748. The fraction of sp³-hybridized carbons (Fsp3) is 0.462. The summed E-state index contributed by atoms with van der Waals surface area (Å²) in [7, 11) is 0. The smallest absolute Gasteiger partial charge is 0.317 e. The minimum Gasteiger partial charge on any atom is -0.490 e. The largest absolute Gasteiger partial charge is 0.490 e. The van der Waals surface area contributed by atoms with Crippen molar-refractivity contribution in [3.8, 4) is 5.75 Å². The predicted octanol–water partition coefficient (Wildman–Crippen LogP) is 3.91. The maximum absolute atomic E-state index is 12.7. The number of ether oxygens (including phenoxy) is 1. The van der Waals surface area contributed by atoms with Crippen LogP contribution in [0.3, 0.4) is 0 Å². The van der Waals surface area contributed by atoms with E-state index in [9.17, 15) is 9.59 Å². The Kier molecular flexibility index (Phi) is 7.30. The van der Waals surface area contributed by atoms with Crippen LogP contribution in [0.5, 0.6) is 5.75 Å². The van der Waals surface area contributed by atoms with Crippen molar-refractivity contribution in [1.82, 2.24) is 15.1 Å². The summed E-state index contributed by atoms with van der Waals surface area (Å²) in [4.78, 5) is 29.0. The SMILES string of the molecule is Cc1ccc(CC(=O)N2CCN(C(=O)NCc3ccccc3OC3CCCC3)CC2)cc1. The van der Waals surface area contributed by atoms with Crippen molar-refractivity contribution in [3.63, 3.8) is 0 Å². The number of para-hydroxylation sites is 1. The van der Waals surface area contributed by atoms with Gasteiger partial charge >= 0.3 is 6.03 Å². The van der Waals surface area contributed by atoms with E-state index < -0.39 is 0 Å². The number of piperazine rings is 1. The first kappa shape index (κ1) is 22.2. The monoisotopic (exact) mass is 435 g/mol. The molecule has 0 unspecified atom stereocenters. The van der Waals surface area contributed by atoms with Gasteiger partial charge in [-0.1, -0.05) is 48.0 Å². The number of rotatable bonds is 6. The van der Waals surface area contributed by atoms with Gasteiger partial charge in [0.05, 0.1) is 12.5 Å². The van der Waals surface area contributed by atoms with Crippen LogP contribution in [0.1, 0.15) is 42.4 Å². The Hall–Kier alpha value is -3.02. The first-order valence-corrected chi connectivity index (χ1v) is 11.7. The highest BCUT2D eigenvalue weighted by molar-refractivity contribution is 5.79. The molecule has 2 aromatic rings. The molecule has 32 heavy (non-hydrogen) atoms. The van der Waals surface area contributed by atoms with E-state index in [2.05, 4.69) is 5.32 Å². The Morgan fingerprint density at radius 1 is 0.938 bits per heavy atom. The number of hydrogen-bond acceptors (Lipinski definition) is 3. The van der Waals surface area contributed by atoms with Crippen molar-refractivity contribution >= 4 is 11.9 Å². The second-order valence-electron chi connectivity index (χ2n) is 8.82. The summed E-state index contributed by atoms with van der Waals surface area (Å²) in [5.74, 6) is 0.984. The van der Waals surface area contributed by atoms with Gasteiger partial charge in [-0.25, -0.2) is 4.79 Å². The minimum absolute atomic E-state index is 0.0914. The average Bonchev–Trinajstić information content (AvgIpc) is 3.33. The molecule has 1 aliphatic heterocycles. The summed E-state index contributed by atoms with van der Waals surface area (Å²) in [6.45, 7) is 4.71. The lowest BCUT2D eigenvalue weighted by Crippen LogP contribution is -2.53. The molecule has 1 saturated heterocycles. The van der Waals surface area contributed by atoms with Gasteiger partial charge in [-0.05, 0) is 44.2 Å². The molecule has 2 aromatic carbocycles. The van der Waals surface area contributed by atoms with Crippen LogP contribution in [0.4, 0.5) is 4.79 Å². The van der Waals surface area contributed by atoms with E-state index in [4.69, 9.17) is 4.74 Å².